The summed E-state index contributed by atoms with van der Waals surface area (Å²) in [6.45, 7) is 9.71. The lowest BCUT2D eigenvalue weighted by Crippen LogP contribution is -2.47. The fourth-order valence-electron chi connectivity index (χ4n) is 3.61. The fraction of sp³-hybridized carbons (Fsp3) is 0.500. The van der Waals surface area contributed by atoms with E-state index in [1.54, 1.807) is 12.4 Å². The van der Waals surface area contributed by atoms with Gasteiger partial charge >= 0.3 is 0 Å². The zero-order valence-corrected chi connectivity index (χ0v) is 18.1. The molecule has 0 atom stereocenters. The van der Waals surface area contributed by atoms with Gasteiger partial charge in [0.25, 0.3) is 0 Å². The highest BCUT2D eigenvalue weighted by Crippen LogP contribution is 2.32. The quantitative estimate of drug-likeness (QED) is 0.536. The zero-order valence-electron chi connectivity index (χ0n) is 18.1. The van der Waals surface area contributed by atoms with E-state index in [4.69, 9.17) is 14.5 Å². The molecule has 2 aliphatic heterocycles. The molecule has 1 aromatic heterocycles. The Kier molecular flexibility index (Phi) is 7.38. The number of guanidine groups is 1. The average molecular weight is 426 g/mol. The standard InChI is InChI=1S/C22H31N7O2/c1-2-23-21(27-18-5-6-19-20(17-18)31-16-4-15-30-19)24-9-10-28-11-13-29(14-12-28)22-25-7-3-8-26-22/h3,5-8,17H,2,4,9-16H2,1H3,(H2,23,24,27). The van der Waals surface area contributed by atoms with Crippen molar-refractivity contribution in [3.05, 3.63) is 36.7 Å². The minimum absolute atomic E-state index is 0.675. The minimum Gasteiger partial charge on any atom is -0.490 e. The van der Waals surface area contributed by atoms with Crippen LogP contribution in [0.5, 0.6) is 11.5 Å². The number of aromatic nitrogens is 2. The maximum atomic E-state index is 5.79. The molecule has 166 valence electrons. The van der Waals surface area contributed by atoms with Crippen molar-refractivity contribution in [2.45, 2.75) is 13.3 Å². The molecule has 9 nitrogen and oxygen atoms in total. The van der Waals surface area contributed by atoms with Crippen LogP contribution in [0.15, 0.2) is 41.7 Å². The lowest BCUT2D eigenvalue weighted by atomic mass is 10.3. The third kappa shape index (κ3) is 5.97. The number of anilines is 2. The van der Waals surface area contributed by atoms with Gasteiger partial charge in [-0.25, -0.2) is 9.97 Å². The molecule has 0 amide bonds. The molecule has 1 aromatic carbocycles. The van der Waals surface area contributed by atoms with E-state index in [0.717, 1.165) is 81.3 Å². The molecule has 2 N–H and O–H groups in total. The third-order valence-corrected chi connectivity index (χ3v) is 5.25. The monoisotopic (exact) mass is 425 g/mol. The van der Waals surface area contributed by atoms with Crippen LogP contribution in [-0.4, -0.2) is 79.9 Å². The van der Waals surface area contributed by atoms with Gasteiger partial charge in [0.1, 0.15) is 0 Å². The van der Waals surface area contributed by atoms with Crippen molar-refractivity contribution < 1.29 is 9.47 Å². The molecule has 0 spiro atoms. The van der Waals surface area contributed by atoms with Gasteiger partial charge in [-0.05, 0) is 25.1 Å². The summed E-state index contributed by atoms with van der Waals surface area (Å²) in [6.07, 6.45) is 4.48. The predicted octanol–water partition coefficient (Wildman–Crippen LogP) is 1.84. The number of hydrogen-bond acceptors (Lipinski definition) is 7. The molecule has 31 heavy (non-hydrogen) atoms. The summed E-state index contributed by atoms with van der Waals surface area (Å²) in [5.41, 5.74) is 0.931. The molecule has 1 saturated heterocycles. The molecule has 0 radical (unpaired) electrons. The molecule has 0 saturated carbocycles. The van der Waals surface area contributed by atoms with Gasteiger partial charge in [0.15, 0.2) is 17.5 Å². The topological polar surface area (TPSA) is 87.1 Å². The fourth-order valence-corrected chi connectivity index (χ4v) is 3.61. The van der Waals surface area contributed by atoms with Crippen molar-refractivity contribution in [1.82, 2.24) is 20.2 Å². The minimum atomic E-state index is 0.675. The van der Waals surface area contributed by atoms with Crippen molar-refractivity contribution in [2.24, 2.45) is 4.99 Å². The van der Waals surface area contributed by atoms with Gasteiger partial charge in [0.05, 0.1) is 19.8 Å². The summed E-state index contributed by atoms with van der Waals surface area (Å²) in [6, 6.07) is 7.76. The van der Waals surface area contributed by atoms with E-state index >= 15 is 0 Å². The first-order chi connectivity index (χ1) is 15.3. The van der Waals surface area contributed by atoms with Gasteiger partial charge in [0, 0.05) is 69.8 Å². The lowest BCUT2D eigenvalue weighted by molar-refractivity contribution is 0.264. The first-order valence-electron chi connectivity index (χ1n) is 11.0. The molecular formula is C22H31N7O2. The van der Waals surface area contributed by atoms with E-state index in [0.29, 0.717) is 13.2 Å². The molecule has 1 fully saturated rings. The van der Waals surface area contributed by atoms with Crippen LogP contribution in [0.4, 0.5) is 11.6 Å². The van der Waals surface area contributed by atoms with E-state index in [1.165, 1.54) is 0 Å². The second kappa shape index (κ2) is 10.8. The summed E-state index contributed by atoms with van der Waals surface area (Å²) in [5, 5.41) is 6.69. The van der Waals surface area contributed by atoms with E-state index in [2.05, 4.69) is 37.3 Å². The number of piperazine rings is 1. The number of aliphatic imine (C=N–C) groups is 1. The van der Waals surface area contributed by atoms with Gasteiger partial charge in [-0.1, -0.05) is 0 Å². The van der Waals surface area contributed by atoms with Crippen LogP contribution < -0.4 is 25.0 Å². The molecule has 4 rings (SSSR count). The van der Waals surface area contributed by atoms with Crippen molar-refractivity contribution >= 4 is 17.6 Å². The molecule has 2 aromatic rings. The molecule has 9 heteroatoms. The lowest BCUT2D eigenvalue weighted by Gasteiger charge is -2.34. The molecule has 0 aliphatic carbocycles. The number of ether oxygens (including phenoxy) is 2. The van der Waals surface area contributed by atoms with Gasteiger partial charge in [-0.15, -0.1) is 0 Å². The summed E-state index contributed by atoms with van der Waals surface area (Å²) in [4.78, 5) is 18.1. The Labute approximate surface area is 183 Å². The van der Waals surface area contributed by atoms with E-state index < -0.39 is 0 Å². The summed E-state index contributed by atoms with van der Waals surface area (Å²) >= 11 is 0. The Morgan fingerprint density at radius 2 is 1.84 bits per heavy atom. The SMILES string of the molecule is CCNC(=NCCN1CCN(c2ncccn2)CC1)Nc1ccc2c(c1)OCCCO2. The maximum absolute atomic E-state index is 5.79. The van der Waals surface area contributed by atoms with Crippen molar-refractivity contribution in [3.8, 4) is 11.5 Å². The van der Waals surface area contributed by atoms with Crippen molar-refractivity contribution in [2.75, 3.05) is 69.2 Å². The molecule has 2 aliphatic rings. The summed E-state index contributed by atoms with van der Waals surface area (Å²) in [5.74, 6) is 3.16. The van der Waals surface area contributed by atoms with E-state index in [1.807, 2.05) is 24.3 Å². The largest absolute Gasteiger partial charge is 0.490 e. The van der Waals surface area contributed by atoms with Gasteiger partial charge in [-0.3, -0.25) is 9.89 Å². The molecule has 3 heterocycles. The first-order valence-corrected chi connectivity index (χ1v) is 11.0. The number of nitrogens with zero attached hydrogens (tertiary/aromatic N) is 5. The molecule has 0 bridgehead atoms. The third-order valence-electron chi connectivity index (χ3n) is 5.25. The van der Waals surface area contributed by atoms with Crippen molar-refractivity contribution in [1.29, 1.82) is 0 Å². The highest BCUT2D eigenvalue weighted by Gasteiger charge is 2.18. The van der Waals surface area contributed by atoms with Crippen LogP contribution in [0.2, 0.25) is 0 Å². The van der Waals surface area contributed by atoms with E-state index in [9.17, 15) is 0 Å². The Hall–Kier alpha value is -3.07. The molecular weight excluding hydrogens is 394 g/mol. The maximum Gasteiger partial charge on any atom is 0.225 e. The van der Waals surface area contributed by atoms with Crippen LogP contribution in [0.3, 0.4) is 0 Å². The second-order valence-electron chi connectivity index (χ2n) is 7.48. The van der Waals surface area contributed by atoms with Crippen LogP contribution in [0, 0.1) is 0 Å². The van der Waals surface area contributed by atoms with Crippen LogP contribution >= 0.6 is 0 Å². The second-order valence-corrected chi connectivity index (χ2v) is 7.48. The number of nitrogens with one attached hydrogen (secondary N) is 2. The highest BCUT2D eigenvalue weighted by atomic mass is 16.5. The van der Waals surface area contributed by atoms with Crippen molar-refractivity contribution in [3.63, 3.8) is 0 Å². The Balaban J connectivity index is 1.28. The Morgan fingerprint density at radius 1 is 1.06 bits per heavy atom. The van der Waals surface area contributed by atoms with Crippen LogP contribution in [-0.2, 0) is 0 Å². The average Bonchev–Trinajstić information content (AvgIpc) is 3.05. The Bertz CT molecular complexity index is 854. The van der Waals surface area contributed by atoms with Gasteiger partial charge in [0.2, 0.25) is 5.95 Å². The first kappa shape index (κ1) is 21.2. The predicted molar refractivity (Wildman–Crippen MR) is 122 cm³/mol. The highest BCUT2D eigenvalue weighted by molar-refractivity contribution is 5.93. The van der Waals surface area contributed by atoms with Crippen LogP contribution in [0.25, 0.3) is 0 Å². The van der Waals surface area contributed by atoms with Gasteiger partial charge < -0.3 is 25.0 Å². The van der Waals surface area contributed by atoms with Crippen LogP contribution in [0.1, 0.15) is 13.3 Å². The number of fused-ring (bicyclic) bond motifs is 1. The van der Waals surface area contributed by atoms with Gasteiger partial charge in [-0.2, -0.15) is 0 Å². The molecule has 0 unspecified atom stereocenters. The number of benzene rings is 1. The smallest absolute Gasteiger partial charge is 0.225 e. The Morgan fingerprint density at radius 3 is 2.61 bits per heavy atom. The zero-order chi connectivity index (χ0) is 21.3. The number of hydrogen-bond donors (Lipinski definition) is 2. The normalized spacial score (nSPS) is 17.2. The summed E-state index contributed by atoms with van der Waals surface area (Å²) in [7, 11) is 0. The van der Waals surface area contributed by atoms with E-state index in [-0.39, 0.29) is 0 Å². The summed E-state index contributed by atoms with van der Waals surface area (Å²) < 4.78 is 11.5. The number of rotatable bonds is 6.